The topological polar surface area (TPSA) is 88.0 Å². The quantitative estimate of drug-likeness (QED) is 0.414. The number of fused-ring (bicyclic) bond motifs is 1. The molecule has 4 N–H and O–H groups in total. The van der Waals surface area contributed by atoms with Crippen molar-refractivity contribution >= 4 is 38.4 Å². The lowest BCUT2D eigenvalue weighted by atomic mass is 10.2. The van der Waals surface area contributed by atoms with Gasteiger partial charge in [-0.1, -0.05) is 6.08 Å². The molecule has 0 fully saturated rings. The van der Waals surface area contributed by atoms with Crippen molar-refractivity contribution in [2.75, 3.05) is 23.8 Å². The lowest BCUT2D eigenvalue weighted by Crippen LogP contribution is -2.25. The van der Waals surface area contributed by atoms with Crippen LogP contribution in [-0.2, 0) is 10.0 Å². The molecule has 1 aromatic carbocycles. The molecule has 2 aromatic rings. The van der Waals surface area contributed by atoms with Gasteiger partial charge < -0.3 is 10.7 Å². The molecule has 1 heterocycles. The van der Waals surface area contributed by atoms with Crippen LogP contribution in [0.4, 0.5) is 5.69 Å². The van der Waals surface area contributed by atoms with Crippen LogP contribution in [0, 0.1) is 0 Å². The maximum atomic E-state index is 12.2. The fraction of sp³-hybridized carbons (Fsp3) is 0.231. The van der Waals surface area contributed by atoms with E-state index >= 15 is 0 Å². The number of aromatic nitrogens is 1. The zero-order valence-electron chi connectivity index (χ0n) is 10.9. The molecule has 0 aliphatic rings. The average Bonchev–Trinajstić information content (AvgIpc) is 2.82. The molecule has 108 valence electrons. The van der Waals surface area contributed by atoms with Gasteiger partial charge in [0, 0.05) is 40.8 Å². The number of thioether (sulfide) groups is 1. The smallest absolute Gasteiger partial charge is 0.242 e. The molecule has 0 atom stereocenters. The van der Waals surface area contributed by atoms with Gasteiger partial charge in [0.25, 0.3) is 0 Å². The molecule has 0 radical (unpaired) electrons. The summed E-state index contributed by atoms with van der Waals surface area (Å²) in [7, 11) is -3.50. The molecule has 20 heavy (non-hydrogen) atoms. The maximum Gasteiger partial charge on any atom is 0.242 e. The van der Waals surface area contributed by atoms with E-state index < -0.39 is 10.0 Å². The highest BCUT2D eigenvalue weighted by Crippen LogP contribution is 2.24. The number of aromatic amines is 1. The zero-order valence-corrected chi connectivity index (χ0v) is 12.6. The summed E-state index contributed by atoms with van der Waals surface area (Å²) < 4.78 is 27.1. The summed E-state index contributed by atoms with van der Waals surface area (Å²) in [4.78, 5) is 3.18. The Morgan fingerprint density at radius 1 is 1.45 bits per heavy atom. The van der Waals surface area contributed by atoms with Crippen molar-refractivity contribution < 1.29 is 8.42 Å². The van der Waals surface area contributed by atoms with Gasteiger partial charge in [-0.2, -0.15) is 11.8 Å². The van der Waals surface area contributed by atoms with Crippen molar-refractivity contribution in [3.63, 3.8) is 0 Å². The Labute approximate surface area is 122 Å². The summed E-state index contributed by atoms with van der Waals surface area (Å²) >= 11 is 1.63. The molecule has 0 amide bonds. The van der Waals surface area contributed by atoms with Gasteiger partial charge in [0.2, 0.25) is 10.0 Å². The van der Waals surface area contributed by atoms with Crippen LogP contribution in [0.3, 0.4) is 0 Å². The number of sulfonamides is 1. The zero-order chi connectivity index (χ0) is 14.6. The van der Waals surface area contributed by atoms with Crippen molar-refractivity contribution in [1.29, 1.82) is 0 Å². The Kier molecular flexibility index (Phi) is 4.74. The normalized spacial score (nSPS) is 11.8. The molecule has 0 aliphatic carbocycles. The lowest BCUT2D eigenvalue weighted by Gasteiger charge is -2.05. The van der Waals surface area contributed by atoms with Crippen molar-refractivity contribution in [2.24, 2.45) is 0 Å². The summed E-state index contributed by atoms with van der Waals surface area (Å²) in [5, 5.41) is 0.644. The summed E-state index contributed by atoms with van der Waals surface area (Å²) in [5.41, 5.74) is 6.98. The lowest BCUT2D eigenvalue weighted by molar-refractivity contribution is 0.585. The van der Waals surface area contributed by atoms with E-state index in [0.29, 0.717) is 28.9 Å². The SMILES string of the molecule is C=CCSCCNS(=O)(=O)c1c[nH]c2cc(N)ccc12. The van der Waals surface area contributed by atoms with E-state index in [2.05, 4.69) is 16.3 Å². The van der Waals surface area contributed by atoms with E-state index in [1.807, 2.05) is 0 Å². The molecule has 0 unspecified atom stereocenters. The van der Waals surface area contributed by atoms with Crippen LogP contribution >= 0.6 is 11.8 Å². The van der Waals surface area contributed by atoms with Crippen LogP contribution in [0.15, 0.2) is 41.9 Å². The number of nitrogens with two attached hydrogens (primary N) is 1. The first kappa shape index (κ1) is 15.0. The standard InChI is InChI=1S/C13H17N3O2S2/c1-2-6-19-7-5-16-20(17,18)13-9-15-12-8-10(14)3-4-11(12)13/h2-4,8-9,15-16H,1,5-7,14H2. The van der Waals surface area contributed by atoms with Gasteiger partial charge in [-0.15, -0.1) is 6.58 Å². The molecule has 0 saturated carbocycles. The number of rotatable bonds is 7. The van der Waals surface area contributed by atoms with Gasteiger partial charge in [0.1, 0.15) is 4.90 Å². The predicted octanol–water partition coefficient (Wildman–Crippen LogP) is 1.95. The Morgan fingerprint density at radius 2 is 2.25 bits per heavy atom. The van der Waals surface area contributed by atoms with Crippen LogP contribution in [0.2, 0.25) is 0 Å². The summed E-state index contributed by atoms with van der Waals surface area (Å²) in [5.74, 6) is 1.52. The second-order valence-electron chi connectivity index (χ2n) is 4.22. The van der Waals surface area contributed by atoms with Gasteiger partial charge in [-0.05, 0) is 18.2 Å². The highest BCUT2D eigenvalue weighted by molar-refractivity contribution is 7.99. The molecule has 0 aliphatic heterocycles. The average molecular weight is 311 g/mol. The van der Waals surface area contributed by atoms with Crippen LogP contribution in [0.1, 0.15) is 0 Å². The fourth-order valence-corrected chi connectivity index (χ4v) is 3.75. The number of H-pyrrole nitrogens is 1. The Balaban J connectivity index is 2.13. The van der Waals surface area contributed by atoms with Gasteiger partial charge in [-0.3, -0.25) is 0 Å². The predicted molar refractivity (Wildman–Crippen MR) is 85.4 cm³/mol. The number of nitrogens with one attached hydrogen (secondary N) is 2. The third-order valence-electron chi connectivity index (χ3n) is 2.73. The molecular formula is C13H17N3O2S2. The van der Waals surface area contributed by atoms with E-state index in [9.17, 15) is 8.42 Å². The molecule has 0 saturated heterocycles. The highest BCUT2D eigenvalue weighted by atomic mass is 32.2. The number of hydrogen-bond donors (Lipinski definition) is 3. The first-order valence-corrected chi connectivity index (χ1v) is 8.73. The minimum Gasteiger partial charge on any atom is -0.399 e. The van der Waals surface area contributed by atoms with Gasteiger partial charge in [0.05, 0.1) is 0 Å². The second kappa shape index (κ2) is 6.34. The van der Waals surface area contributed by atoms with Crippen LogP contribution in [0.25, 0.3) is 10.9 Å². The number of anilines is 1. The largest absolute Gasteiger partial charge is 0.399 e. The van der Waals surface area contributed by atoms with Crippen molar-refractivity contribution in [3.8, 4) is 0 Å². The monoisotopic (exact) mass is 311 g/mol. The maximum absolute atomic E-state index is 12.2. The van der Waals surface area contributed by atoms with E-state index in [0.717, 1.165) is 5.75 Å². The Hall–Kier alpha value is -1.44. The van der Waals surface area contributed by atoms with Crippen molar-refractivity contribution in [3.05, 3.63) is 37.1 Å². The van der Waals surface area contributed by atoms with Gasteiger partial charge in [0.15, 0.2) is 0 Å². The van der Waals surface area contributed by atoms with Gasteiger partial charge in [-0.25, -0.2) is 13.1 Å². The first-order chi connectivity index (χ1) is 9.54. The van der Waals surface area contributed by atoms with Crippen molar-refractivity contribution in [1.82, 2.24) is 9.71 Å². The molecular weight excluding hydrogens is 294 g/mol. The van der Waals surface area contributed by atoms with Crippen LogP contribution in [0.5, 0.6) is 0 Å². The highest BCUT2D eigenvalue weighted by Gasteiger charge is 2.18. The van der Waals surface area contributed by atoms with Crippen molar-refractivity contribution in [2.45, 2.75) is 4.90 Å². The molecule has 1 aromatic heterocycles. The van der Waals surface area contributed by atoms with E-state index in [-0.39, 0.29) is 4.90 Å². The van der Waals surface area contributed by atoms with E-state index in [1.54, 1.807) is 36.0 Å². The fourth-order valence-electron chi connectivity index (χ4n) is 1.83. The number of nitrogen functional groups attached to an aromatic ring is 1. The summed E-state index contributed by atoms with van der Waals surface area (Å²) in [6, 6.07) is 5.12. The third-order valence-corrected chi connectivity index (χ3v) is 5.20. The number of benzene rings is 1. The second-order valence-corrected chi connectivity index (χ2v) is 7.10. The third kappa shape index (κ3) is 3.36. The van der Waals surface area contributed by atoms with Gasteiger partial charge >= 0.3 is 0 Å². The molecule has 7 heteroatoms. The minimum atomic E-state index is -3.50. The van der Waals surface area contributed by atoms with Crippen LogP contribution in [-0.4, -0.2) is 31.5 Å². The summed E-state index contributed by atoms with van der Waals surface area (Å²) in [6.07, 6.45) is 3.28. The number of hydrogen-bond acceptors (Lipinski definition) is 4. The molecule has 0 spiro atoms. The van der Waals surface area contributed by atoms with E-state index in [1.165, 1.54) is 6.20 Å². The Bertz CT molecular complexity index is 707. The first-order valence-electron chi connectivity index (χ1n) is 6.09. The molecule has 5 nitrogen and oxygen atoms in total. The van der Waals surface area contributed by atoms with E-state index in [4.69, 9.17) is 5.73 Å². The summed E-state index contributed by atoms with van der Waals surface area (Å²) in [6.45, 7) is 4.01. The van der Waals surface area contributed by atoms with Crippen LogP contribution < -0.4 is 10.5 Å². The minimum absolute atomic E-state index is 0.251. The molecule has 2 rings (SSSR count). The molecule has 0 bridgehead atoms. The Morgan fingerprint density at radius 3 is 3.00 bits per heavy atom.